The number of aliphatic imine (C=N–C) groups is 1. The fourth-order valence-corrected chi connectivity index (χ4v) is 2.55. The molecule has 22 heavy (non-hydrogen) atoms. The number of rotatable bonds is 6. The summed E-state index contributed by atoms with van der Waals surface area (Å²) in [5, 5.41) is 6.81. The fourth-order valence-electron chi connectivity index (χ4n) is 2.55. The van der Waals surface area contributed by atoms with Crippen LogP contribution in [0.15, 0.2) is 29.3 Å². The molecule has 0 spiro atoms. The predicted octanol–water partition coefficient (Wildman–Crippen LogP) is 2.70. The van der Waals surface area contributed by atoms with Crippen LogP contribution < -0.4 is 15.5 Å². The van der Waals surface area contributed by atoms with E-state index in [2.05, 4.69) is 51.7 Å². The molecular weight excluding hydrogens is 276 g/mol. The molecule has 0 radical (unpaired) electrons. The Balaban J connectivity index is 1.98. The van der Waals surface area contributed by atoms with Gasteiger partial charge in [-0.1, -0.05) is 31.9 Å². The second-order valence-corrected chi connectivity index (χ2v) is 5.45. The van der Waals surface area contributed by atoms with Crippen molar-refractivity contribution < 1.29 is 4.74 Å². The van der Waals surface area contributed by atoms with Gasteiger partial charge in [-0.3, -0.25) is 4.99 Å². The minimum Gasteiger partial charge on any atom is -0.378 e. The van der Waals surface area contributed by atoms with Gasteiger partial charge in [0.05, 0.1) is 24.6 Å². The van der Waals surface area contributed by atoms with Gasteiger partial charge in [0.15, 0.2) is 5.96 Å². The first-order chi connectivity index (χ1) is 10.8. The molecule has 0 aromatic heterocycles. The Morgan fingerprint density at radius 1 is 1.23 bits per heavy atom. The number of unbranched alkanes of at least 4 members (excludes halogenated alkanes) is 2. The van der Waals surface area contributed by atoms with Crippen molar-refractivity contribution in [2.45, 2.75) is 26.2 Å². The molecular formula is C17H28N4O. The Bertz CT molecular complexity index is 469. The van der Waals surface area contributed by atoms with Crippen LogP contribution in [0.3, 0.4) is 0 Å². The number of para-hydroxylation sites is 2. The first-order valence-electron chi connectivity index (χ1n) is 8.24. The van der Waals surface area contributed by atoms with Crippen LogP contribution >= 0.6 is 0 Å². The van der Waals surface area contributed by atoms with Crippen molar-refractivity contribution in [2.75, 3.05) is 50.1 Å². The monoisotopic (exact) mass is 304 g/mol. The first kappa shape index (κ1) is 16.6. The molecule has 0 unspecified atom stereocenters. The lowest BCUT2D eigenvalue weighted by molar-refractivity contribution is 0.123. The lowest BCUT2D eigenvalue weighted by Crippen LogP contribution is -2.37. The number of anilines is 2. The largest absolute Gasteiger partial charge is 0.378 e. The van der Waals surface area contributed by atoms with Crippen molar-refractivity contribution in [2.24, 2.45) is 4.99 Å². The Kier molecular flexibility index (Phi) is 7.03. The molecule has 0 amide bonds. The summed E-state index contributed by atoms with van der Waals surface area (Å²) in [6.45, 7) is 6.61. The summed E-state index contributed by atoms with van der Waals surface area (Å²) >= 11 is 0. The van der Waals surface area contributed by atoms with E-state index in [1.807, 2.05) is 7.05 Å². The number of hydrogen-bond donors (Lipinski definition) is 2. The van der Waals surface area contributed by atoms with Crippen molar-refractivity contribution in [1.82, 2.24) is 5.32 Å². The summed E-state index contributed by atoms with van der Waals surface area (Å²) in [7, 11) is 1.81. The highest BCUT2D eigenvalue weighted by Gasteiger charge is 2.14. The Morgan fingerprint density at radius 2 is 2.00 bits per heavy atom. The zero-order chi connectivity index (χ0) is 15.6. The van der Waals surface area contributed by atoms with Crippen molar-refractivity contribution in [3.8, 4) is 0 Å². The molecule has 2 rings (SSSR count). The number of nitrogens with one attached hydrogen (secondary N) is 2. The van der Waals surface area contributed by atoms with Crippen molar-refractivity contribution in [3.63, 3.8) is 0 Å². The third-order valence-corrected chi connectivity index (χ3v) is 3.81. The highest BCUT2D eigenvalue weighted by Crippen LogP contribution is 2.26. The van der Waals surface area contributed by atoms with Crippen molar-refractivity contribution in [1.29, 1.82) is 0 Å². The normalized spacial score (nSPS) is 15.7. The van der Waals surface area contributed by atoms with Crippen molar-refractivity contribution in [3.05, 3.63) is 24.3 Å². The zero-order valence-corrected chi connectivity index (χ0v) is 13.8. The second kappa shape index (κ2) is 9.30. The van der Waals surface area contributed by atoms with Crippen LogP contribution in [-0.4, -0.2) is 45.9 Å². The number of hydrogen-bond acceptors (Lipinski definition) is 3. The summed E-state index contributed by atoms with van der Waals surface area (Å²) < 4.78 is 5.44. The maximum atomic E-state index is 5.44. The van der Waals surface area contributed by atoms with E-state index in [-0.39, 0.29) is 0 Å². The van der Waals surface area contributed by atoms with Gasteiger partial charge in [-0.2, -0.15) is 0 Å². The quantitative estimate of drug-likeness (QED) is 0.482. The standard InChI is InChI=1S/C17H28N4O/c1-3-4-7-10-19-17(18-2)20-15-8-5-6-9-16(15)21-11-13-22-14-12-21/h5-6,8-9H,3-4,7,10-14H2,1-2H3,(H2,18,19,20). The molecule has 0 bridgehead atoms. The number of guanidine groups is 1. The van der Waals surface area contributed by atoms with Gasteiger partial charge in [0.2, 0.25) is 0 Å². The molecule has 1 aromatic rings. The maximum Gasteiger partial charge on any atom is 0.195 e. The Labute approximate surface area is 133 Å². The molecule has 1 saturated heterocycles. The molecule has 0 atom stereocenters. The predicted molar refractivity (Wildman–Crippen MR) is 94.0 cm³/mol. The third kappa shape index (κ3) is 4.91. The van der Waals surface area contributed by atoms with Gasteiger partial charge in [-0.25, -0.2) is 0 Å². The molecule has 1 aliphatic rings. The minimum absolute atomic E-state index is 0.790. The lowest BCUT2D eigenvalue weighted by Gasteiger charge is -2.30. The smallest absolute Gasteiger partial charge is 0.195 e. The van der Waals surface area contributed by atoms with Crippen LogP contribution in [0, 0.1) is 0 Å². The van der Waals surface area contributed by atoms with Gasteiger partial charge < -0.3 is 20.3 Å². The molecule has 5 heteroatoms. The summed E-state index contributed by atoms with van der Waals surface area (Å²) in [5.74, 6) is 0.830. The minimum atomic E-state index is 0.790. The van der Waals surface area contributed by atoms with Crippen LogP contribution in [0.5, 0.6) is 0 Å². The van der Waals surface area contributed by atoms with E-state index >= 15 is 0 Å². The van der Waals surface area contributed by atoms with Crippen LogP contribution in [0.2, 0.25) is 0 Å². The number of nitrogens with zero attached hydrogens (tertiary/aromatic N) is 2. The Hall–Kier alpha value is -1.75. The lowest BCUT2D eigenvalue weighted by atomic mass is 10.2. The summed E-state index contributed by atoms with van der Waals surface area (Å²) in [6, 6.07) is 8.38. The molecule has 0 saturated carbocycles. The number of benzene rings is 1. The summed E-state index contributed by atoms with van der Waals surface area (Å²) in [4.78, 5) is 6.68. The summed E-state index contributed by atoms with van der Waals surface area (Å²) in [6.07, 6.45) is 3.64. The van der Waals surface area contributed by atoms with Crippen molar-refractivity contribution >= 4 is 17.3 Å². The zero-order valence-electron chi connectivity index (χ0n) is 13.8. The highest BCUT2D eigenvalue weighted by molar-refractivity contribution is 5.96. The average Bonchev–Trinajstić information content (AvgIpc) is 2.59. The van der Waals surface area contributed by atoms with E-state index < -0.39 is 0 Å². The fraction of sp³-hybridized carbons (Fsp3) is 0.588. The van der Waals surface area contributed by atoms with Gasteiger partial charge in [0.1, 0.15) is 0 Å². The average molecular weight is 304 g/mol. The van der Waals surface area contributed by atoms with Gasteiger partial charge in [-0.15, -0.1) is 0 Å². The molecule has 122 valence electrons. The van der Waals surface area contributed by atoms with E-state index in [0.717, 1.165) is 44.5 Å². The topological polar surface area (TPSA) is 48.9 Å². The van der Waals surface area contributed by atoms with Crippen LogP contribution in [0.25, 0.3) is 0 Å². The SMILES string of the molecule is CCCCCNC(=NC)Nc1ccccc1N1CCOCC1. The highest BCUT2D eigenvalue weighted by atomic mass is 16.5. The van der Waals surface area contributed by atoms with Crippen LogP contribution in [-0.2, 0) is 4.74 Å². The van der Waals surface area contributed by atoms with Crippen LogP contribution in [0.4, 0.5) is 11.4 Å². The van der Waals surface area contributed by atoms with E-state index in [1.54, 1.807) is 0 Å². The van der Waals surface area contributed by atoms with E-state index in [9.17, 15) is 0 Å². The molecule has 2 N–H and O–H groups in total. The van der Waals surface area contributed by atoms with Gasteiger partial charge in [0.25, 0.3) is 0 Å². The number of ether oxygens (including phenoxy) is 1. The third-order valence-electron chi connectivity index (χ3n) is 3.81. The van der Waals surface area contributed by atoms with E-state index in [0.29, 0.717) is 0 Å². The summed E-state index contributed by atoms with van der Waals surface area (Å²) in [5.41, 5.74) is 2.30. The van der Waals surface area contributed by atoms with E-state index in [1.165, 1.54) is 24.9 Å². The molecule has 1 aliphatic heterocycles. The van der Waals surface area contributed by atoms with E-state index in [4.69, 9.17) is 4.74 Å². The first-order valence-corrected chi connectivity index (χ1v) is 8.24. The molecule has 5 nitrogen and oxygen atoms in total. The molecule has 1 aromatic carbocycles. The maximum absolute atomic E-state index is 5.44. The van der Waals surface area contributed by atoms with Gasteiger partial charge in [0, 0.05) is 26.7 Å². The van der Waals surface area contributed by atoms with Gasteiger partial charge in [-0.05, 0) is 18.6 Å². The molecule has 1 heterocycles. The molecule has 0 aliphatic carbocycles. The Morgan fingerprint density at radius 3 is 2.73 bits per heavy atom. The van der Waals surface area contributed by atoms with Gasteiger partial charge >= 0.3 is 0 Å². The molecule has 1 fully saturated rings. The number of morpholine rings is 1. The second-order valence-electron chi connectivity index (χ2n) is 5.45. The van der Waals surface area contributed by atoms with Crippen LogP contribution in [0.1, 0.15) is 26.2 Å².